The van der Waals surface area contributed by atoms with E-state index in [-0.39, 0.29) is 19.3 Å². The van der Waals surface area contributed by atoms with Crippen LogP contribution in [0.1, 0.15) is 38.5 Å². The van der Waals surface area contributed by atoms with Crippen LogP contribution in [0.2, 0.25) is 0 Å². The second-order valence-corrected chi connectivity index (χ2v) is 9.54. The van der Waals surface area contributed by atoms with Crippen LogP contribution in [0.25, 0.3) is 0 Å². The quantitative estimate of drug-likeness (QED) is 0.102. The number of rotatable bonds is 19. The van der Waals surface area contributed by atoms with E-state index in [1.165, 1.54) is 23.5 Å². The summed E-state index contributed by atoms with van der Waals surface area (Å²) in [6.07, 6.45) is 4.82. The van der Waals surface area contributed by atoms with Crippen LogP contribution in [0, 0.1) is 0 Å². The summed E-state index contributed by atoms with van der Waals surface area (Å²) in [4.78, 5) is 60.4. The molecular formula is C20H37N5O7S2. The second-order valence-electron chi connectivity index (χ2n) is 7.57. The number of thioether (sulfide) groups is 2. The summed E-state index contributed by atoms with van der Waals surface area (Å²) < 4.78 is 0. The molecule has 14 heteroatoms. The summed E-state index contributed by atoms with van der Waals surface area (Å²) in [5.41, 5.74) is 11.1. The molecule has 0 bridgehead atoms. The minimum atomic E-state index is -1.34. The lowest BCUT2D eigenvalue weighted by atomic mass is 10.1. The summed E-state index contributed by atoms with van der Waals surface area (Å²) in [6, 6.07) is -4.51. The molecule has 0 saturated heterocycles. The van der Waals surface area contributed by atoms with Gasteiger partial charge in [0, 0.05) is 0 Å². The number of carbonyl (C=O) groups excluding carboxylic acids is 3. The number of aliphatic carboxylic acids is 2. The third-order valence-electron chi connectivity index (χ3n) is 4.78. The lowest BCUT2D eigenvalue weighted by Gasteiger charge is -2.25. The highest BCUT2D eigenvalue weighted by Crippen LogP contribution is 2.07. The Labute approximate surface area is 208 Å². The van der Waals surface area contributed by atoms with Gasteiger partial charge in [-0.05, 0) is 62.7 Å². The van der Waals surface area contributed by atoms with Crippen LogP contribution < -0.4 is 27.4 Å². The van der Waals surface area contributed by atoms with Crippen molar-refractivity contribution in [3.05, 3.63) is 0 Å². The highest BCUT2D eigenvalue weighted by Gasteiger charge is 2.30. The first-order valence-electron chi connectivity index (χ1n) is 10.9. The molecule has 0 aromatic rings. The molecule has 0 rings (SSSR count). The molecule has 0 spiro atoms. The van der Waals surface area contributed by atoms with Gasteiger partial charge >= 0.3 is 11.9 Å². The van der Waals surface area contributed by atoms with Gasteiger partial charge in [-0.3, -0.25) is 19.2 Å². The smallest absolute Gasteiger partial charge is 0.326 e. The van der Waals surface area contributed by atoms with Gasteiger partial charge < -0.3 is 37.6 Å². The van der Waals surface area contributed by atoms with Gasteiger partial charge in [0.05, 0.1) is 12.5 Å². The maximum atomic E-state index is 13.0. The Bertz CT molecular complexity index is 684. The highest BCUT2D eigenvalue weighted by atomic mass is 32.2. The monoisotopic (exact) mass is 523 g/mol. The number of hydrogen-bond donors (Lipinski definition) is 7. The lowest BCUT2D eigenvalue weighted by Crippen LogP contribution is -2.57. The van der Waals surface area contributed by atoms with E-state index in [0.717, 1.165) is 0 Å². The van der Waals surface area contributed by atoms with Gasteiger partial charge in [-0.1, -0.05) is 0 Å². The van der Waals surface area contributed by atoms with E-state index >= 15 is 0 Å². The topological polar surface area (TPSA) is 214 Å². The summed E-state index contributed by atoms with van der Waals surface area (Å²) in [5.74, 6) is -3.45. The normalized spacial score (nSPS) is 14.4. The zero-order valence-electron chi connectivity index (χ0n) is 19.6. The van der Waals surface area contributed by atoms with Crippen LogP contribution in [-0.4, -0.2) is 94.6 Å². The van der Waals surface area contributed by atoms with E-state index in [4.69, 9.17) is 16.6 Å². The molecule has 0 aliphatic carbocycles. The summed E-state index contributed by atoms with van der Waals surface area (Å²) in [7, 11) is 0. The fraction of sp³-hybridized carbons (Fsp3) is 0.750. The number of unbranched alkanes of at least 4 members (excludes halogenated alkanes) is 1. The maximum absolute atomic E-state index is 13.0. The molecular weight excluding hydrogens is 486 g/mol. The summed E-state index contributed by atoms with van der Waals surface area (Å²) in [6.45, 7) is 0.381. The predicted octanol–water partition coefficient (Wildman–Crippen LogP) is -1.04. The first-order chi connectivity index (χ1) is 16.1. The lowest BCUT2D eigenvalue weighted by molar-refractivity contribution is -0.142. The Balaban J connectivity index is 5.43. The molecule has 196 valence electrons. The first-order valence-corrected chi connectivity index (χ1v) is 13.6. The zero-order chi connectivity index (χ0) is 26.1. The van der Waals surface area contributed by atoms with Crippen molar-refractivity contribution in [1.82, 2.24) is 16.0 Å². The zero-order valence-corrected chi connectivity index (χ0v) is 21.2. The Morgan fingerprint density at radius 1 is 0.765 bits per heavy atom. The van der Waals surface area contributed by atoms with E-state index in [1.54, 1.807) is 0 Å². The number of carboxylic acid groups (broad SMARTS) is 2. The molecule has 0 saturated carbocycles. The van der Waals surface area contributed by atoms with E-state index < -0.39 is 60.2 Å². The molecule has 0 aromatic carbocycles. The van der Waals surface area contributed by atoms with Crippen molar-refractivity contribution < 1.29 is 34.2 Å². The molecule has 4 unspecified atom stereocenters. The number of carbonyl (C=O) groups is 5. The minimum Gasteiger partial charge on any atom is -0.481 e. The highest BCUT2D eigenvalue weighted by molar-refractivity contribution is 7.98. The van der Waals surface area contributed by atoms with Gasteiger partial charge in [-0.2, -0.15) is 23.5 Å². The number of hydrogen-bond acceptors (Lipinski definition) is 9. The summed E-state index contributed by atoms with van der Waals surface area (Å²) >= 11 is 2.90. The predicted molar refractivity (Wildman–Crippen MR) is 133 cm³/mol. The molecule has 4 atom stereocenters. The van der Waals surface area contributed by atoms with Crippen LogP contribution in [-0.2, 0) is 24.0 Å². The molecule has 0 aromatic heterocycles. The largest absolute Gasteiger partial charge is 0.481 e. The first kappa shape index (κ1) is 32.0. The van der Waals surface area contributed by atoms with E-state index in [1.807, 2.05) is 12.5 Å². The number of nitrogens with two attached hydrogens (primary N) is 2. The minimum absolute atomic E-state index is 0.205. The Morgan fingerprint density at radius 3 is 1.71 bits per heavy atom. The van der Waals surface area contributed by atoms with Crippen LogP contribution in [0.3, 0.4) is 0 Å². The van der Waals surface area contributed by atoms with Gasteiger partial charge in [-0.15, -0.1) is 0 Å². The van der Waals surface area contributed by atoms with Gasteiger partial charge in [0.15, 0.2) is 0 Å². The van der Waals surface area contributed by atoms with Crippen LogP contribution >= 0.6 is 23.5 Å². The average molecular weight is 524 g/mol. The molecule has 0 fully saturated rings. The SMILES string of the molecule is CSCCC(NC(=O)C(CCSC)NC(=O)C(CCCCN)NC(=O)C(N)CC(=O)O)C(=O)O. The molecule has 0 aliphatic heterocycles. The van der Waals surface area contributed by atoms with E-state index in [0.29, 0.717) is 30.9 Å². The Morgan fingerprint density at radius 2 is 1.24 bits per heavy atom. The van der Waals surface area contributed by atoms with Crippen LogP contribution in [0.5, 0.6) is 0 Å². The van der Waals surface area contributed by atoms with Crippen molar-refractivity contribution in [2.45, 2.75) is 62.7 Å². The van der Waals surface area contributed by atoms with Gasteiger partial charge in [0.2, 0.25) is 17.7 Å². The molecule has 0 aliphatic rings. The van der Waals surface area contributed by atoms with E-state index in [2.05, 4.69) is 16.0 Å². The molecule has 0 heterocycles. The average Bonchev–Trinajstić information content (AvgIpc) is 2.77. The van der Waals surface area contributed by atoms with E-state index in [9.17, 15) is 29.1 Å². The van der Waals surface area contributed by atoms with Gasteiger partial charge in [-0.25, -0.2) is 4.79 Å². The molecule has 34 heavy (non-hydrogen) atoms. The van der Waals surface area contributed by atoms with Crippen molar-refractivity contribution >= 4 is 53.2 Å². The summed E-state index contributed by atoms with van der Waals surface area (Å²) in [5, 5.41) is 25.7. The third-order valence-corrected chi connectivity index (χ3v) is 6.07. The molecule has 0 radical (unpaired) electrons. The molecule has 9 N–H and O–H groups in total. The molecule has 12 nitrogen and oxygen atoms in total. The van der Waals surface area contributed by atoms with Crippen molar-refractivity contribution in [1.29, 1.82) is 0 Å². The number of carboxylic acids is 2. The fourth-order valence-electron chi connectivity index (χ4n) is 2.86. The molecule has 3 amide bonds. The van der Waals surface area contributed by atoms with Crippen LogP contribution in [0.4, 0.5) is 0 Å². The Hall–Kier alpha value is -2.03. The maximum Gasteiger partial charge on any atom is 0.326 e. The number of nitrogens with one attached hydrogen (secondary N) is 3. The standard InChI is InChI=1S/C20H37N5O7S2/c1-33-9-6-14(19(30)25-15(20(31)32)7-10-34-2)24-18(29)13(5-3-4-8-21)23-17(28)12(22)11-16(26)27/h12-15H,3-11,21-22H2,1-2H3,(H,23,28)(H,24,29)(H,25,30)(H,26,27)(H,31,32). The second kappa shape index (κ2) is 18.3. The fourth-order valence-corrected chi connectivity index (χ4v) is 3.81. The van der Waals surface area contributed by atoms with Gasteiger partial charge in [0.1, 0.15) is 18.1 Å². The van der Waals surface area contributed by atoms with Crippen molar-refractivity contribution in [3.63, 3.8) is 0 Å². The van der Waals surface area contributed by atoms with Gasteiger partial charge in [0.25, 0.3) is 0 Å². The third kappa shape index (κ3) is 13.6. The number of amides is 3. The van der Waals surface area contributed by atoms with Crippen molar-refractivity contribution in [2.24, 2.45) is 11.5 Å². The van der Waals surface area contributed by atoms with Crippen molar-refractivity contribution in [3.8, 4) is 0 Å². The Kier molecular flexibility index (Phi) is 17.2. The van der Waals surface area contributed by atoms with Crippen LogP contribution in [0.15, 0.2) is 0 Å². The van der Waals surface area contributed by atoms with Crippen molar-refractivity contribution in [2.75, 3.05) is 30.6 Å².